The topological polar surface area (TPSA) is 26.3 Å². The van der Waals surface area contributed by atoms with Crippen LogP contribution in [0, 0.1) is 5.92 Å². The normalized spacial score (nSPS) is 18.8. The minimum Gasteiger partial charge on any atom is -0.497 e. The molecule has 1 aliphatic carbocycles. The third kappa shape index (κ3) is 4.13. The molecule has 1 atom stereocenters. The van der Waals surface area contributed by atoms with Crippen molar-refractivity contribution in [3.63, 3.8) is 0 Å². The largest absolute Gasteiger partial charge is 0.497 e. The summed E-state index contributed by atoms with van der Waals surface area (Å²) in [5, 5.41) is 0.610. The van der Waals surface area contributed by atoms with E-state index in [-0.39, 0.29) is 12.4 Å². The van der Waals surface area contributed by atoms with Gasteiger partial charge in [-0.3, -0.25) is 4.79 Å². The summed E-state index contributed by atoms with van der Waals surface area (Å²) in [6.45, 7) is 1.72. The molecule has 2 nitrogen and oxygen atoms in total. The van der Waals surface area contributed by atoms with Gasteiger partial charge in [-0.05, 0) is 36.8 Å². The van der Waals surface area contributed by atoms with E-state index in [1.54, 1.807) is 12.1 Å². The Hall–Kier alpha value is -1.75. The molecule has 0 bridgehead atoms. The van der Waals surface area contributed by atoms with Crippen molar-refractivity contribution in [2.24, 2.45) is 5.92 Å². The van der Waals surface area contributed by atoms with Crippen LogP contribution in [0.25, 0.3) is 0 Å². The number of alkyl halides is 3. The van der Waals surface area contributed by atoms with Crippen LogP contribution in [0.15, 0.2) is 47.7 Å². The van der Waals surface area contributed by atoms with E-state index in [1.807, 2.05) is 12.1 Å². The Morgan fingerprint density at radius 3 is 2.41 bits per heavy atom. The summed E-state index contributed by atoms with van der Waals surface area (Å²) in [4.78, 5) is 11.6. The van der Waals surface area contributed by atoms with Gasteiger partial charge in [0.05, 0.1) is 18.1 Å². The summed E-state index contributed by atoms with van der Waals surface area (Å²) >= 11 is 5.77. The fraction of sp³-hybridized carbons (Fsp3) is 0.312. The molecule has 0 saturated heterocycles. The van der Waals surface area contributed by atoms with E-state index in [0.29, 0.717) is 17.5 Å². The summed E-state index contributed by atoms with van der Waals surface area (Å²) < 4.78 is 43.5. The molecule has 0 fully saturated rings. The lowest BCUT2D eigenvalue weighted by molar-refractivity contribution is -0.119. The van der Waals surface area contributed by atoms with Crippen molar-refractivity contribution in [1.29, 1.82) is 0 Å². The summed E-state index contributed by atoms with van der Waals surface area (Å²) in [5.74, 6) is -1.25. The van der Waals surface area contributed by atoms with E-state index < -0.39 is 23.5 Å². The summed E-state index contributed by atoms with van der Waals surface area (Å²) in [6, 6.07) is 7.09. The third-order valence-electron chi connectivity index (χ3n) is 3.35. The van der Waals surface area contributed by atoms with Gasteiger partial charge < -0.3 is 4.74 Å². The fourth-order valence-electron chi connectivity index (χ4n) is 2.01. The van der Waals surface area contributed by atoms with Crippen LogP contribution >= 0.6 is 11.6 Å². The first-order valence-electron chi connectivity index (χ1n) is 6.69. The lowest BCUT2D eigenvalue weighted by Crippen LogP contribution is -2.23. The highest BCUT2D eigenvalue weighted by Gasteiger charge is 2.37. The quantitative estimate of drug-likeness (QED) is 0.813. The van der Waals surface area contributed by atoms with Gasteiger partial charge in [0.15, 0.2) is 5.78 Å². The molecule has 22 heavy (non-hydrogen) atoms. The molecule has 0 saturated carbocycles. The molecule has 0 heterocycles. The number of carbonyl (C=O) groups excluding carboxylic acids is 1. The molecule has 0 spiro atoms. The number of rotatable bonds is 4. The van der Waals surface area contributed by atoms with Gasteiger partial charge in [0.25, 0.3) is 0 Å². The Balaban J connectivity index is 2.01. The van der Waals surface area contributed by atoms with Crippen molar-refractivity contribution in [2.75, 3.05) is 6.61 Å². The molecular weight excluding hydrogens is 317 g/mol. The zero-order valence-electron chi connectivity index (χ0n) is 11.8. The summed E-state index contributed by atoms with van der Waals surface area (Å²) in [6.07, 6.45) is -2.52. The molecule has 0 amide bonds. The third-order valence-corrected chi connectivity index (χ3v) is 3.60. The maximum Gasteiger partial charge on any atom is 0.416 e. The lowest BCUT2D eigenvalue weighted by Gasteiger charge is -2.21. The van der Waals surface area contributed by atoms with Crippen molar-refractivity contribution in [3.05, 3.63) is 58.3 Å². The SMILES string of the molecule is CC1C(=O)C=C(C(F)(F)F)C=C1OCCc1ccc(Cl)cc1. The Labute approximate surface area is 131 Å². The fourth-order valence-corrected chi connectivity index (χ4v) is 2.13. The van der Waals surface area contributed by atoms with E-state index in [1.165, 1.54) is 6.92 Å². The first-order valence-corrected chi connectivity index (χ1v) is 7.07. The highest BCUT2D eigenvalue weighted by molar-refractivity contribution is 6.30. The maximum absolute atomic E-state index is 12.7. The number of carbonyl (C=O) groups is 1. The first-order chi connectivity index (χ1) is 10.3. The van der Waals surface area contributed by atoms with Crippen molar-refractivity contribution in [1.82, 2.24) is 0 Å². The molecule has 2 rings (SSSR count). The van der Waals surface area contributed by atoms with E-state index >= 15 is 0 Å². The number of ketones is 1. The van der Waals surface area contributed by atoms with Gasteiger partial charge in [0.1, 0.15) is 5.76 Å². The number of hydrogen-bond acceptors (Lipinski definition) is 2. The maximum atomic E-state index is 12.7. The molecule has 0 aliphatic heterocycles. The first kappa shape index (κ1) is 16.6. The Morgan fingerprint density at radius 2 is 1.82 bits per heavy atom. The van der Waals surface area contributed by atoms with Crippen LogP contribution in [-0.2, 0) is 16.0 Å². The van der Waals surface area contributed by atoms with Gasteiger partial charge in [0, 0.05) is 11.4 Å². The standard InChI is InChI=1S/C16H14ClF3O2/c1-10-14(21)8-12(16(18,19)20)9-15(10)22-7-6-11-2-4-13(17)5-3-11/h2-5,8-10H,6-7H2,1H3. The zero-order valence-corrected chi connectivity index (χ0v) is 12.5. The van der Waals surface area contributed by atoms with Crippen molar-refractivity contribution < 1.29 is 22.7 Å². The van der Waals surface area contributed by atoms with Crippen molar-refractivity contribution >= 4 is 17.4 Å². The predicted octanol–water partition coefficient (Wildman–Crippen LogP) is 4.49. The van der Waals surface area contributed by atoms with Crippen molar-refractivity contribution in [2.45, 2.75) is 19.5 Å². The molecule has 1 aromatic rings. The minimum absolute atomic E-state index is 0.0498. The molecule has 0 aromatic heterocycles. The zero-order chi connectivity index (χ0) is 16.3. The van der Waals surface area contributed by atoms with Gasteiger partial charge in [-0.25, -0.2) is 0 Å². The lowest BCUT2D eigenvalue weighted by atomic mass is 9.94. The molecule has 0 radical (unpaired) electrons. The monoisotopic (exact) mass is 330 g/mol. The summed E-state index contributed by atoms with van der Waals surface area (Å²) in [5.41, 5.74) is -0.0246. The molecule has 0 N–H and O–H groups in total. The smallest absolute Gasteiger partial charge is 0.416 e. The highest BCUT2D eigenvalue weighted by atomic mass is 35.5. The minimum atomic E-state index is -4.55. The number of halogens is 4. The Bertz CT molecular complexity index is 615. The van der Waals surface area contributed by atoms with Gasteiger partial charge >= 0.3 is 6.18 Å². The van der Waals surface area contributed by atoms with Crippen molar-refractivity contribution in [3.8, 4) is 0 Å². The van der Waals surface area contributed by atoms with Crippen LogP contribution in [-0.4, -0.2) is 18.6 Å². The van der Waals surface area contributed by atoms with Gasteiger partial charge in [-0.2, -0.15) is 13.2 Å². The van der Waals surface area contributed by atoms with Gasteiger partial charge in [-0.1, -0.05) is 23.7 Å². The average molecular weight is 331 g/mol. The Morgan fingerprint density at radius 1 is 1.18 bits per heavy atom. The number of ether oxygens (including phenoxy) is 1. The average Bonchev–Trinajstić information content (AvgIpc) is 2.44. The van der Waals surface area contributed by atoms with Crippen LogP contribution in [0.1, 0.15) is 12.5 Å². The molecule has 1 aliphatic rings. The molecule has 1 unspecified atom stereocenters. The van der Waals surface area contributed by atoms with Crippen LogP contribution in [0.2, 0.25) is 5.02 Å². The molecule has 1 aromatic carbocycles. The molecule has 118 valence electrons. The number of hydrogen-bond donors (Lipinski definition) is 0. The van der Waals surface area contributed by atoms with Crippen LogP contribution < -0.4 is 0 Å². The second-order valence-electron chi connectivity index (χ2n) is 4.99. The van der Waals surface area contributed by atoms with Crippen LogP contribution in [0.3, 0.4) is 0 Å². The van der Waals surface area contributed by atoms with E-state index in [0.717, 1.165) is 11.6 Å². The van der Waals surface area contributed by atoms with E-state index in [9.17, 15) is 18.0 Å². The second-order valence-corrected chi connectivity index (χ2v) is 5.43. The number of benzene rings is 1. The van der Waals surface area contributed by atoms with E-state index in [2.05, 4.69) is 0 Å². The van der Waals surface area contributed by atoms with Gasteiger partial charge in [-0.15, -0.1) is 0 Å². The van der Waals surface area contributed by atoms with E-state index in [4.69, 9.17) is 16.3 Å². The van der Waals surface area contributed by atoms with Crippen LogP contribution in [0.5, 0.6) is 0 Å². The summed E-state index contributed by atoms with van der Waals surface area (Å²) in [7, 11) is 0. The number of allylic oxidation sites excluding steroid dienone is 4. The van der Waals surface area contributed by atoms with Crippen LogP contribution in [0.4, 0.5) is 13.2 Å². The Kier molecular flexibility index (Phi) is 4.96. The molecular formula is C16H14ClF3O2. The predicted molar refractivity (Wildman–Crippen MR) is 77.5 cm³/mol. The second kappa shape index (κ2) is 6.57. The highest BCUT2D eigenvalue weighted by Crippen LogP contribution is 2.33. The molecule has 6 heteroatoms. The van der Waals surface area contributed by atoms with Gasteiger partial charge in [0.2, 0.25) is 0 Å².